The predicted molar refractivity (Wildman–Crippen MR) is 97.7 cm³/mol. The fourth-order valence-corrected chi connectivity index (χ4v) is 2.19. The van der Waals surface area contributed by atoms with Crippen LogP contribution < -0.4 is 10.1 Å². The number of nitriles is 1. The van der Waals surface area contributed by atoms with Gasteiger partial charge in [0.1, 0.15) is 17.4 Å². The minimum absolute atomic E-state index is 0.116. The van der Waals surface area contributed by atoms with Crippen LogP contribution in [0.4, 0.5) is 5.69 Å². The Labute approximate surface area is 151 Å². The molecule has 0 saturated heterocycles. The molecule has 0 radical (unpaired) electrons. The van der Waals surface area contributed by atoms with E-state index in [1.54, 1.807) is 30.3 Å². The lowest BCUT2D eigenvalue weighted by Crippen LogP contribution is -2.14. The van der Waals surface area contributed by atoms with Gasteiger partial charge in [-0.15, -0.1) is 0 Å². The van der Waals surface area contributed by atoms with E-state index in [1.807, 2.05) is 32.0 Å². The fourth-order valence-electron chi connectivity index (χ4n) is 2.19. The molecule has 0 aliphatic heterocycles. The lowest BCUT2D eigenvalue weighted by molar-refractivity contribution is -0.139. The first kappa shape index (κ1) is 18.7. The second-order valence-electron chi connectivity index (χ2n) is 5.64. The normalized spacial score (nSPS) is 10.7. The number of aryl methyl sites for hydroxylation is 2. The van der Waals surface area contributed by atoms with Crippen molar-refractivity contribution in [3.63, 3.8) is 0 Å². The highest BCUT2D eigenvalue weighted by atomic mass is 16.5. The van der Waals surface area contributed by atoms with Gasteiger partial charge >= 0.3 is 5.97 Å². The quantitative estimate of drug-likeness (QED) is 0.615. The molecule has 6 heteroatoms. The standard InChI is InChI=1S/C20H18N2O4/c1-13-7-8-17(9-14(13)2)22-20(25)16(11-21)10-15-5-3-4-6-18(15)26-12-19(23)24/h3-10H,12H2,1-2H3,(H,22,25)(H,23,24)/b16-10+. The topological polar surface area (TPSA) is 99.4 Å². The molecule has 0 unspecified atom stereocenters. The van der Waals surface area contributed by atoms with Crippen molar-refractivity contribution >= 4 is 23.6 Å². The van der Waals surface area contributed by atoms with E-state index in [2.05, 4.69) is 5.32 Å². The van der Waals surface area contributed by atoms with Gasteiger partial charge in [-0.25, -0.2) is 4.79 Å². The minimum Gasteiger partial charge on any atom is -0.481 e. The molecule has 0 saturated carbocycles. The fraction of sp³-hybridized carbons (Fsp3) is 0.150. The summed E-state index contributed by atoms with van der Waals surface area (Å²) < 4.78 is 5.19. The first-order valence-corrected chi connectivity index (χ1v) is 7.84. The number of carboxylic acid groups (broad SMARTS) is 1. The predicted octanol–water partition coefficient (Wildman–Crippen LogP) is 3.31. The van der Waals surface area contributed by atoms with Gasteiger partial charge in [0, 0.05) is 11.3 Å². The summed E-state index contributed by atoms with van der Waals surface area (Å²) in [7, 11) is 0. The maximum Gasteiger partial charge on any atom is 0.341 e. The number of rotatable bonds is 6. The Bertz CT molecular complexity index is 910. The zero-order valence-corrected chi connectivity index (χ0v) is 14.4. The number of ether oxygens (including phenoxy) is 1. The molecule has 0 aliphatic carbocycles. The second kappa shape index (κ2) is 8.49. The third-order valence-electron chi connectivity index (χ3n) is 3.70. The molecule has 26 heavy (non-hydrogen) atoms. The van der Waals surface area contributed by atoms with Crippen LogP contribution in [0.25, 0.3) is 6.08 Å². The number of benzene rings is 2. The molecule has 0 bridgehead atoms. The van der Waals surface area contributed by atoms with Crippen molar-refractivity contribution in [3.8, 4) is 11.8 Å². The Hall–Kier alpha value is -3.59. The van der Waals surface area contributed by atoms with Crippen LogP contribution in [0.2, 0.25) is 0 Å². The average molecular weight is 350 g/mol. The summed E-state index contributed by atoms with van der Waals surface area (Å²) in [5.74, 6) is -1.39. The van der Waals surface area contributed by atoms with Gasteiger partial charge in [0.25, 0.3) is 5.91 Å². The second-order valence-corrected chi connectivity index (χ2v) is 5.64. The molecule has 6 nitrogen and oxygen atoms in total. The average Bonchev–Trinajstić information content (AvgIpc) is 2.61. The molecule has 132 valence electrons. The summed E-state index contributed by atoms with van der Waals surface area (Å²) in [6.45, 7) is 3.39. The van der Waals surface area contributed by atoms with Crippen LogP contribution in [0.3, 0.4) is 0 Å². The number of para-hydroxylation sites is 1. The third-order valence-corrected chi connectivity index (χ3v) is 3.70. The van der Waals surface area contributed by atoms with E-state index >= 15 is 0 Å². The molecule has 0 atom stereocenters. The molecule has 0 fully saturated rings. The van der Waals surface area contributed by atoms with E-state index in [0.29, 0.717) is 11.3 Å². The largest absolute Gasteiger partial charge is 0.481 e. The lowest BCUT2D eigenvalue weighted by Gasteiger charge is -2.09. The Morgan fingerprint density at radius 1 is 1.19 bits per heavy atom. The van der Waals surface area contributed by atoms with Gasteiger partial charge in [0.05, 0.1) is 0 Å². The molecule has 2 N–H and O–H groups in total. The van der Waals surface area contributed by atoms with Crippen LogP contribution in [-0.4, -0.2) is 23.6 Å². The number of amides is 1. The number of hydrogen-bond acceptors (Lipinski definition) is 4. The summed E-state index contributed by atoms with van der Waals surface area (Å²) >= 11 is 0. The van der Waals surface area contributed by atoms with Crippen LogP contribution in [0.1, 0.15) is 16.7 Å². The van der Waals surface area contributed by atoms with Crippen LogP contribution in [0.5, 0.6) is 5.75 Å². The Morgan fingerprint density at radius 3 is 2.58 bits per heavy atom. The van der Waals surface area contributed by atoms with Crippen molar-refractivity contribution in [2.75, 3.05) is 11.9 Å². The number of carbonyl (C=O) groups excluding carboxylic acids is 1. The monoisotopic (exact) mass is 350 g/mol. The first-order chi connectivity index (χ1) is 12.4. The maximum absolute atomic E-state index is 12.4. The molecular weight excluding hydrogens is 332 g/mol. The van der Waals surface area contributed by atoms with Crippen LogP contribution in [0, 0.1) is 25.2 Å². The smallest absolute Gasteiger partial charge is 0.341 e. The third kappa shape index (κ3) is 4.95. The molecule has 0 spiro atoms. The SMILES string of the molecule is Cc1ccc(NC(=O)/C(C#N)=C/c2ccccc2OCC(=O)O)cc1C. The van der Waals surface area contributed by atoms with E-state index < -0.39 is 18.5 Å². The first-order valence-electron chi connectivity index (χ1n) is 7.84. The van der Waals surface area contributed by atoms with Crippen molar-refractivity contribution in [2.24, 2.45) is 0 Å². The molecule has 0 aliphatic rings. The Morgan fingerprint density at radius 2 is 1.92 bits per heavy atom. The van der Waals surface area contributed by atoms with Crippen LogP contribution in [-0.2, 0) is 9.59 Å². The molecule has 2 aromatic carbocycles. The molecule has 1 amide bonds. The minimum atomic E-state index is -1.11. The number of nitrogens with zero attached hydrogens (tertiary/aromatic N) is 1. The van der Waals surface area contributed by atoms with Crippen LogP contribution in [0.15, 0.2) is 48.0 Å². The molecule has 2 rings (SSSR count). The molecule has 0 aromatic heterocycles. The van der Waals surface area contributed by atoms with Gasteiger partial charge < -0.3 is 15.2 Å². The zero-order chi connectivity index (χ0) is 19.1. The maximum atomic E-state index is 12.4. The Kier molecular flexibility index (Phi) is 6.12. The van der Waals surface area contributed by atoms with E-state index in [-0.39, 0.29) is 11.3 Å². The highest BCUT2D eigenvalue weighted by molar-refractivity contribution is 6.09. The van der Waals surface area contributed by atoms with Gasteiger partial charge in [-0.05, 0) is 49.2 Å². The van der Waals surface area contributed by atoms with Gasteiger partial charge in [0.15, 0.2) is 6.61 Å². The number of hydrogen-bond donors (Lipinski definition) is 2. The van der Waals surface area contributed by atoms with Crippen LogP contribution >= 0.6 is 0 Å². The number of carboxylic acids is 1. The summed E-state index contributed by atoms with van der Waals surface area (Å²) in [4.78, 5) is 23.1. The zero-order valence-electron chi connectivity index (χ0n) is 14.4. The number of anilines is 1. The highest BCUT2D eigenvalue weighted by Crippen LogP contribution is 2.22. The summed E-state index contributed by atoms with van der Waals surface area (Å²) in [5, 5.41) is 20.7. The summed E-state index contributed by atoms with van der Waals surface area (Å²) in [6, 6.07) is 13.9. The van der Waals surface area contributed by atoms with E-state index in [1.165, 1.54) is 6.08 Å². The van der Waals surface area contributed by atoms with Gasteiger partial charge in [0.2, 0.25) is 0 Å². The van der Waals surface area contributed by atoms with Crippen molar-refractivity contribution in [3.05, 3.63) is 64.7 Å². The van der Waals surface area contributed by atoms with Crippen molar-refractivity contribution in [2.45, 2.75) is 13.8 Å². The van der Waals surface area contributed by atoms with E-state index in [4.69, 9.17) is 9.84 Å². The van der Waals surface area contributed by atoms with E-state index in [0.717, 1.165) is 11.1 Å². The lowest BCUT2D eigenvalue weighted by atomic mass is 10.1. The number of carbonyl (C=O) groups is 2. The van der Waals surface area contributed by atoms with Crippen molar-refractivity contribution < 1.29 is 19.4 Å². The van der Waals surface area contributed by atoms with Gasteiger partial charge in [-0.2, -0.15) is 5.26 Å². The Balaban J connectivity index is 2.24. The molecule has 2 aromatic rings. The van der Waals surface area contributed by atoms with Gasteiger partial charge in [-0.3, -0.25) is 4.79 Å². The molecule has 0 heterocycles. The molecular formula is C20H18N2O4. The van der Waals surface area contributed by atoms with E-state index in [9.17, 15) is 14.9 Å². The van der Waals surface area contributed by atoms with Crippen molar-refractivity contribution in [1.82, 2.24) is 0 Å². The van der Waals surface area contributed by atoms with Crippen molar-refractivity contribution in [1.29, 1.82) is 5.26 Å². The van der Waals surface area contributed by atoms with Gasteiger partial charge in [-0.1, -0.05) is 24.3 Å². The number of aliphatic carboxylic acids is 1. The summed E-state index contributed by atoms with van der Waals surface area (Å²) in [6.07, 6.45) is 1.37. The number of nitrogens with one attached hydrogen (secondary N) is 1. The summed E-state index contributed by atoms with van der Waals surface area (Å²) in [5.41, 5.74) is 3.05. The highest BCUT2D eigenvalue weighted by Gasteiger charge is 2.12.